The molecule has 0 unspecified atom stereocenters. The Balaban J connectivity index is 2.74. The molecule has 0 saturated heterocycles. The van der Waals surface area contributed by atoms with Crippen molar-refractivity contribution < 1.29 is 9.72 Å². The van der Waals surface area contributed by atoms with Crippen LogP contribution in [-0.2, 0) is 4.79 Å². The van der Waals surface area contributed by atoms with E-state index in [2.05, 4.69) is 10.6 Å². The Labute approximate surface area is 116 Å². The number of nitrogens with zero attached hydrogens (tertiary/aromatic N) is 2. The van der Waals surface area contributed by atoms with Crippen LogP contribution in [0.1, 0.15) is 25.8 Å². The topological polar surface area (TPSA) is 108 Å². The SMILES string of the molecule is CC(C)NCCC(=O)Nc1ccc(C#N)cc1[N+](=O)[O-]. The molecule has 7 heteroatoms. The van der Waals surface area contributed by atoms with Crippen LogP contribution in [0.4, 0.5) is 11.4 Å². The number of anilines is 1. The summed E-state index contributed by atoms with van der Waals surface area (Å²) in [5, 5.41) is 25.2. The number of nitro benzene ring substituents is 1. The van der Waals surface area contributed by atoms with Crippen LogP contribution in [0, 0.1) is 21.4 Å². The minimum Gasteiger partial charge on any atom is -0.320 e. The molecule has 20 heavy (non-hydrogen) atoms. The summed E-state index contributed by atoms with van der Waals surface area (Å²) in [5.41, 5.74) is -0.00561. The number of nitrogens with one attached hydrogen (secondary N) is 2. The fraction of sp³-hybridized carbons (Fsp3) is 0.385. The number of amides is 1. The molecule has 0 bridgehead atoms. The van der Waals surface area contributed by atoms with Gasteiger partial charge in [0.1, 0.15) is 5.69 Å². The van der Waals surface area contributed by atoms with Gasteiger partial charge >= 0.3 is 0 Å². The van der Waals surface area contributed by atoms with Gasteiger partial charge < -0.3 is 10.6 Å². The normalized spacial score (nSPS) is 10.1. The first-order valence-corrected chi connectivity index (χ1v) is 6.16. The lowest BCUT2D eigenvalue weighted by Crippen LogP contribution is -2.27. The molecule has 0 radical (unpaired) electrons. The standard InChI is InChI=1S/C13H16N4O3/c1-9(2)15-6-5-13(18)16-11-4-3-10(8-14)7-12(11)17(19)20/h3-4,7,9,15H,5-6H2,1-2H3,(H,16,18). The van der Waals surface area contributed by atoms with Crippen molar-refractivity contribution in [3.63, 3.8) is 0 Å². The number of carbonyl (C=O) groups excluding carboxylic acids is 1. The van der Waals surface area contributed by atoms with Crippen molar-refractivity contribution in [2.45, 2.75) is 26.3 Å². The molecule has 0 heterocycles. The van der Waals surface area contributed by atoms with Crippen LogP contribution >= 0.6 is 0 Å². The first kappa shape index (κ1) is 15.6. The summed E-state index contributed by atoms with van der Waals surface area (Å²) in [7, 11) is 0. The number of carbonyl (C=O) groups is 1. The van der Waals surface area contributed by atoms with Crippen LogP contribution in [0.15, 0.2) is 18.2 Å². The predicted octanol–water partition coefficient (Wildman–Crippen LogP) is 1.79. The van der Waals surface area contributed by atoms with Crippen LogP contribution in [0.5, 0.6) is 0 Å². The Morgan fingerprint density at radius 1 is 1.50 bits per heavy atom. The number of nitro groups is 1. The fourth-order valence-electron chi connectivity index (χ4n) is 1.55. The largest absolute Gasteiger partial charge is 0.320 e. The molecule has 1 aromatic rings. The highest BCUT2D eigenvalue weighted by atomic mass is 16.6. The fourth-order valence-corrected chi connectivity index (χ4v) is 1.55. The van der Waals surface area contributed by atoms with Gasteiger partial charge in [0.15, 0.2) is 0 Å². The van der Waals surface area contributed by atoms with E-state index in [-0.39, 0.29) is 35.3 Å². The van der Waals surface area contributed by atoms with Crippen LogP contribution in [0.2, 0.25) is 0 Å². The van der Waals surface area contributed by atoms with Crippen LogP contribution in [0.3, 0.4) is 0 Å². The van der Waals surface area contributed by atoms with Gasteiger partial charge in [0.2, 0.25) is 5.91 Å². The number of benzene rings is 1. The van der Waals surface area contributed by atoms with Gasteiger partial charge in [0.25, 0.3) is 5.69 Å². The highest BCUT2D eigenvalue weighted by molar-refractivity contribution is 5.93. The van der Waals surface area contributed by atoms with Gasteiger partial charge in [-0.15, -0.1) is 0 Å². The third kappa shape index (κ3) is 4.66. The van der Waals surface area contributed by atoms with Crippen molar-refractivity contribution in [3.05, 3.63) is 33.9 Å². The monoisotopic (exact) mass is 276 g/mol. The van der Waals surface area contributed by atoms with E-state index in [1.165, 1.54) is 12.1 Å². The van der Waals surface area contributed by atoms with E-state index in [9.17, 15) is 14.9 Å². The third-order valence-electron chi connectivity index (χ3n) is 2.50. The van der Waals surface area contributed by atoms with Crippen molar-refractivity contribution in [2.75, 3.05) is 11.9 Å². The van der Waals surface area contributed by atoms with E-state index < -0.39 is 4.92 Å². The molecule has 7 nitrogen and oxygen atoms in total. The summed E-state index contributed by atoms with van der Waals surface area (Å²) in [6.45, 7) is 4.42. The maximum Gasteiger partial charge on any atom is 0.294 e. The Hall–Kier alpha value is -2.46. The number of hydrogen-bond acceptors (Lipinski definition) is 5. The van der Waals surface area contributed by atoms with E-state index in [0.29, 0.717) is 6.54 Å². The molecule has 0 aromatic heterocycles. The van der Waals surface area contributed by atoms with Crippen molar-refractivity contribution in [2.24, 2.45) is 0 Å². The zero-order valence-electron chi connectivity index (χ0n) is 11.3. The second kappa shape index (κ2) is 7.21. The number of nitriles is 1. The highest BCUT2D eigenvalue weighted by Gasteiger charge is 2.16. The quantitative estimate of drug-likeness (QED) is 0.608. The van der Waals surface area contributed by atoms with Gasteiger partial charge in [0.05, 0.1) is 16.6 Å². The van der Waals surface area contributed by atoms with Crippen molar-refractivity contribution >= 4 is 17.3 Å². The lowest BCUT2D eigenvalue weighted by Gasteiger charge is -2.09. The lowest BCUT2D eigenvalue weighted by atomic mass is 10.2. The van der Waals surface area contributed by atoms with Crippen LogP contribution in [0.25, 0.3) is 0 Å². The molecule has 0 saturated carbocycles. The summed E-state index contributed by atoms with van der Waals surface area (Å²) in [6, 6.07) is 6.02. The zero-order valence-corrected chi connectivity index (χ0v) is 11.3. The van der Waals surface area contributed by atoms with E-state index in [1.54, 1.807) is 0 Å². The molecule has 0 atom stereocenters. The molecule has 0 spiro atoms. The predicted molar refractivity (Wildman–Crippen MR) is 74.2 cm³/mol. The van der Waals surface area contributed by atoms with E-state index >= 15 is 0 Å². The minimum absolute atomic E-state index is 0.101. The van der Waals surface area contributed by atoms with E-state index in [4.69, 9.17) is 5.26 Å². The van der Waals surface area contributed by atoms with Gasteiger partial charge in [-0.25, -0.2) is 0 Å². The molecular weight excluding hydrogens is 260 g/mol. The Bertz CT molecular complexity index is 549. The maximum atomic E-state index is 11.7. The highest BCUT2D eigenvalue weighted by Crippen LogP contribution is 2.25. The average Bonchev–Trinajstić information content (AvgIpc) is 2.38. The zero-order chi connectivity index (χ0) is 15.1. The first-order chi connectivity index (χ1) is 9.43. The van der Waals surface area contributed by atoms with Crippen molar-refractivity contribution in [1.82, 2.24) is 5.32 Å². The summed E-state index contributed by atoms with van der Waals surface area (Å²) in [6.07, 6.45) is 0.218. The third-order valence-corrected chi connectivity index (χ3v) is 2.50. The summed E-state index contributed by atoms with van der Waals surface area (Å²) in [5.74, 6) is -0.314. The van der Waals surface area contributed by atoms with Gasteiger partial charge in [-0.1, -0.05) is 13.8 Å². The number of rotatable bonds is 6. The molecule has 106 valence electrons. The smallest absolute Gasteiger partial charge is 0.294 e. The van der Waals surface area contributed by atoms with Gasteiger partial charge in [0, 0.05) is 25.1 Å². The lowest BCUT2D eigenvalue weighted by molar-refractivity contribution is -0.383. The Kier molecular flexibility index (Phi) is 5.62. The second-order valence-electron chi connectivity index (χ2n) is 4.51. The molecule has 1 aromatic carbocycles. The summed E-state index contributed by atoms with van der Waals surface area (Å²) in [4.78, 5) is 22.0. The minimum atomic E-state index is -0.622. The van der Waals surface area contributed by atoms with Gasteiger partial charge in [-0.05, 0) is 12.1 Å². The molecule has 1 rings (SSSR count). The van der Waals surface area contributed by atoms with E-state index in [0.717, 1.165) is 6.07 Å². The molecule has 0 aliphatic rings. The van der Waals surface area contributed by atoms with Gasteiger partial charge in [-0.2, -0.15) is 5.26 Å². The van der Waals surface area contributed by atoms with Crippen LogP contribution < -0.4 is 10.6 Å². The van der Waals surface area contributed by atoms with Crippen molar-refractivity contribution in [3.8, 4) is 6.07 Å². The number of hydrogen-bond donors (Lipinski definition) is 2. The molecule has 0 fully saturated rings. The summed E-state index contributed by atoms with van der Waals surface area (Å²) < 4.78 is 0. The molecular formula is C13H16N4O3. The first-order valence-electron chi connectivity index (χ1n) is 6.16. The summed E-state index contributed by atoms with van der Waals surface area (Å²) >= 11 is 0. The Morgan fingerprint density at radius 2 is 2.20 bits per heavy atom. The second-order valence-corrected chi connectivity index (χ2v) is 4.51. The van der Waals surface area contributed by atoms with Crippen molar-refractivity contribution in [1.29, 1.82) is 5.26 Å². The molecule has 2 N–H and O–H groups in total. The average molecular weight is 276 g/mol. The maximum absolute atomic E-state index is 11.7. The molecule has 0 aliphatic carbocycles. The van der Waals surface area contributed by atoms with E-state index in [1.807, 2.05) is 19.9 Å². The van der Waals surface area contributed by atoms with Gasteiger partial charge in [-0.3, -0.25) is 14.9 Å². The Morgan fingerprint density at radius 3 is 2.75 bits per heavy atom. The molecule has 1 amide bonds. The molecule has 0 aliphatic heterocycles. The van der Waals surface area contributed by atoms with Crippen LogP contribution in [-0.4, -0.2) is 23.4 Å².